The van der Waals surface area contributed by atoms with Crippen LogP contribution in [0, 0.1) is 0 Å². The maximum Gasteiger partial charge on any atom is 0.287 e. The van der Waals surface area contributed by atoms with E-state index in [4.69, 9.17) is 5.11 Å². The lowest BCUT2D eigenvalue weighted by Gasteiger charge is -2.14. The van der Waals surface area contributed by atoms with Crippen molar-refractivity contribution in [2.75, 3.05) is 13.1 Å². The summed E-state index contributed by atoms with van der Waals surface area (Å²) in [6.45, 7) is 0.151. The summed E-state index contributed by atoms with van der Waals surface area (Å²) in [6, 6.07) is 9.42. The van der Waals surface area contributed by atoms with Crippen molar-refractivity contribution in [1.82, 2.24) is 4.90 Å². The molecule has 0 aromatic heterocycles. The Hall–Kier alpha value is -1.00. The number of nitrogens with zero attached hydrogens (tertiary/aromatic N) is 1. The van der Waals surface area contributed by atoms with E-state index in [1.807, 2.05) is 30.3 Å². The van der Waals surface area contributed by atoms with Crippen molar-refractivity contribution in [2.24, 2.45) is 0 Å². The number of hydrogen-bond acceptors (Lipinski definition) is 2. The van der Waals surface area contributed by atoms with Crippen molar-refractivity contribution < 1.29 is 13.9 Å². The highest BCUT2D eigenvalue weighted by Gasteiger charge is 2.46. The molecule has 1 aliphatic rings. The molecule has 0 saturated carbocycles. The van der Waals surface area contributed by atoms with Crippen LogP contribution in [0.4, 0.5) is 8.78 Å². The summed E-state index contributed by atoms with van der Waals surface area (Å²) in [7, 11) is 0. The molecule has 1 aliphatic heterocycles. The summed E-state index contributed by atoms with van der Waals surface area (Å²) in [4.78, 5) is 1.57. The van der Waals surface area contributed by atoms with Crippen LogP contribution in [0.15, 0.2) is 30.3 Å². The molecule has 1 N–H and O–H groups in total. The van der Waals surface area contributed by atoms with Gasteiger partial charge in [0, 0.05) is 13.1 Å². The Morgan fingerprint density at radius 1 is 1.33 bits per heavy atom. The van der Waals surface area contributed by atoms with E-state index in [1.165, 1.54) is 0 Å². The first-order valence-corrected chi connectivity index (χ1v) is 4.90. The maximum absolute atomic E-state index is 13.0. The summed E-state index contributed by atoms with van der Waals surface area (Å²) in [5.74, 6) is -2.96. The predicted molar refractivity (Wildman–Crippen MR) is 52.7 cm³/mol. The molecule has 2 nitrogen and oxygen atoms in total. The number of benzene rings is 1. The minimum absolute atomic E-state index is 0.0435. The van der Waals surface area contributed by atoms with Crippen LogP contribution in [-0.4, -0.2) is 35.1 Å². The largest absolute Gasteiger partial charge is 0.385 e. The van der Waals surface area contributed by atoms with Crippen LogP contribution in [0.2, 0.25) is 0 Å². The van der Waals surface area contributed by atoms with Crippen molar-refractivity contribution in [2.45, 2.75) is 18.6 Å². The summed E-state index contributed by atoms with van der Waals surface area (Å²) in [5.41, 5.74) is 0.988. The van der Waals surface area contributed by atoms with E-state index in [2.05, 4.69) is 0 Å². The maximum atomic E-state index is 13.0. The summed E-state index contributed by atoms with van der Waals surface area (Å²) < 4.78 is 26.0. The first-order valence-electron chi connectivity index (χ1n) is 4.90. The van der Waals surface area contributed by atoms with Crippen LogP contribution in [0.1, 0.15) is 5.56 Å². The molecule has 1 atom stereocenters. The second-order valence-corrected chi connectivity index (χ2v) is 3.93. The van der Waals surface area contributed by atoms with Gasteiger partial charge in [-0.2, -0.15) is 0 Å². The number of rotatable bonds is 2. The lowest BCUT2D eigenvalue weighted by Crippen LogP contribution is -2.31. The number of hydrogen-bond donors (Lipinski definition) is 1. The third-order valence-corrected chi connectivity index (χ3v) is 2.60. The molecule has 2 rings (SSSR count). The van der Waals surface area contributed by atoms with Gasteiger partial charge in [0.25, 0.3) is 5.92 Å². The van der Waals surface area contributed by atoms with Gasteiger partial charge in [0.2, 0.25) is 0 Å². The predicted octanol–water partition coefficient (Wildman–Crippen LogP) is 1.50. The first-order chi connectivity index (χ1) is 7.08. The van der Waals surface area contributed by atoms with E-state index in [0.29, 0.717) is 6.54 Å². The molecule has 0 bridgehead atoms. The van der Waals surface area contributed by atoms with Crippen LogP contribution in [0.3, 0.4) is 0 Å². The molecule has 82 valence electrons. The fourth-order valence-corrected chi connectivity index (χ4v) is 1.81. The molecule has 4 heteroatoms. The minimum Gasteiger partial charge on any atom is -0.385 e. The summed E-state index contributed by atoms with van der Waals surface area (Å²) in [5, 5.41) is 9.11. The normalized spacial score (nSPS) is 25.7. The number of aliphatic hydroxyl groups excluding tert-OH is 1. The second kappa shape index (κ2) is 3.87. The Labute approximate surface area is 87.1 Å². The standard InChI is InChI=1S/C11H13F2NO/c12-11(13)8-14(7-10(11)15)6-9-4-2-1-3-5-9/h1-5,10,15H,6-8H2/t10-/m0/s1. The average Bonchev–Trinajstić information content (AvgIpc) is 2.42. The molecule has 1 aromatic carbocycles. The van der Waals surface area contributed by atoms with Gasteiger partial charge >= 0.3 is 0 Å². The molecule has 0 spiro atoms. The van der Waals surface area contributed by atoms with E-state index in [0.717, 1.165) is 5.56 Å². The highest BCUT2D eigenvalue weighted by Crippen LogP contribution is 2.28. The molecule has 15 heavy (non-hydrogen) atoms. The van der Waals surface area contributed by atoms with Gasteiger partial charge in [-0.25, -0.2) is 8.78 Å². The number of alkyl halides is 2. The third-order valence-electron chi connectivity index (χ3n) is 2.60. The van der Waals surface area contributed by atoms with Gasteiger partial charge in [-0.05, 0) is 5.56 Å². The minimum atomic E-state index is -2.96. The zero-order valence-corrected chi connectivity index (χ0v) is 8.24. The molecular formula is C11H13F2NO. The molecular weight excluding hydrogens is 200 g/mol. The van der Waals surface area contributed by atoms with Gasteiger partial charge in [-0.1, -0.05) is 30.3 Å². The zero-order chi connectivity index (χ0) is 10.9. The lowest BCUT2D eigenvalue weighted by atomic mass is 10.2. The van der Waals surface area contributed by atoms with Gasteiger partial charge in [0.1, 0.15) is 6.10 Å². The van der Waals surface area contributed by atoms with Crippen LogP contribution in [0.5, 0.6) is 0 Å². The summed E-state index contributed by atoms with van der Waals surface area (Å²) >= 11 is 0. The SMILES string of the molecule is O[C@H]1CN(Cc2ccccc2)CC1(F)F. The highest BCUT2D eigenvalue weighted by atomic mass is 19.3. The number of aliphatic hydroxyl groups is 1. The van der Waals surface area contributed by atoms with Gasteiger partial charge in [0.15, 0.2) is 0 Å². The van der Waals surface area contributed by atoms with Crippen molar-refractivity contribution >= 4 is 0 Å². The van der Waals surface area contributed by atoms with Crippen LogP contribution >= 0.6 is 0 Å². The Kier molecular flexibility index (Phi) is 2.71. The molecule has 0 unspecified atom stereocenters. The number of halogens is 2. The smallest absolute Gasteiger partial charge is 0.287 e. The molecule has 1 saturated heterocycles. The quantitative estimate of drug-likeness (QED) is 0.804. The Balaban J connectivity index is 1.99. The Bertz CT molecular complexity index is 329. The molecule has 0 amide bonds. The van der Waals surface area contributed by atoms with Gasteiger partial charge < -0.3 is 5.11 Å². The zero-order valence-electron chi connectivity index (χ0n) is 8.24. The van der Waals surface area contributed by atoms with Crippen molar-refractivity contribution in [3.8, 4) is 0 Å². The van der Waals surface area contributed by atoms with Gasteiger partial charge in [0.05, 0.1) is 6.54 Å². The Morgan fingerprint density at radius 3 is 2.53 bits per heavy atom. The molecule has 1 fully saturated rings. The van der Waals surface area contributed by atoms with Gasteiger partial charge in [-0.15, -0.1) is 0 Å². The van der Waals surface area contributed by atoms with Crippen molar-refractivity contribution in [1.29, 1.82) is 0 Å². The van der Waals surface area contributed by atoms with E-state index >= 15 is 0 Å². The second-order valence-electron chi connectivity index (χ2n) is 3.93. The average molecular weight is 213 g/mol. The first kappa shape index (κ1) is 10.5. The van der Waals surface area contributed by atoms with Crippen molar-refractivity contribution in [3.05, 3.63) is 35.9 Å². The number of likely N-dealkylation sites (tertiary alicyclic amines) is 1. The molecule has 1 aromatic rings. The molecule has 0 radical (unpaired) electrons. The Morgan fingerprint density at radius 2 is 2.00 bits per heavy atom. The summed E-state index contributed by atoms with van der Waals surface area (Å²) in [6.07, 6.45) is -1.53. The fraction of sp³-hybridized carbons (Fsp3) is 0.455. The lowest BCUT2D eigenvalue weighted by molar-refractivity contribution is -0.0731. The number of β-amino-alcohol motifs (C(OH)–C–C–N with tert-alkyl or cyclic N) is 1. The van der Waals surface area contributed by atoms with Crippen LogP contribution in [0.25, 0.3) is 0 Å². The molecule has 0 aliphatic carbocycles. The highest BCUT2D eigenvalue weighted by molar-refractivity contribution is 5.15. The molecule has 1 heterocycles. The fourth-order valence-electron chi connectivity index (χ4n) is 1.81. The monoisotopic (exact) mass is 213 g/mol. The van der Waals surface area contributed by atoms with Crippen LogP contribution < -0.4 is 0 Å². The van der Waals surface area contributed by atoms with E-state index in [9.17, 15) is 8.78 Å². The van der Waals surface area contributed by atoms with E-state index in [-0.39, 0.29) is 13.1 Å². The van der Waals surface area contributed by atoms with Crippen LogP contribution in [-0.2, 0) is 6.54 Å². The topological polar surface area (TPSA) is 23.5 Å². The van der Waals surface area contributed by atoms with Crippen molar-refractivity contribution in [3.63, 3.8) is 0 Å². The van der Waals surface area contributed by atoms with E-state index < -0.39 is 12.0 Å². The van der Waals surface area contributed by atoms with Gasteiger partial charge in [-0.3, -0.25) is 4.90 Å². The third kappa shape index (κ3) is 2.33. The van der Waals surface area contributed by atoms with E-state index in [1.54, 1.807) is 4.90 Å².